The molecule has 1 fully saturated rings. The fourth-order valence-corrected chi connectivity index (χ4v) is 2.30. The first-order valence-electron chi connectivity index (χ1n) is 6.70. The summed E-state index contributed by atoms with van der Waals surface area (Å²) in [5.41, 5.74) is 0.804. The van der Waals surface area contributed by atoms with E-state index in [9.17, 15) is 4.79 Å². The van der Waals surface area contributed by atoms with Crippen LogP contribution in [0.1, 0.15) is 6.92 Å². The first kappa shape index (κ1) is 13.1. The van der Waals surface area contributed by atoms with Crippen molar-refractivity contribution < 1.29 is 9.15 Å². The Bertz CT molecular complexity index is 620. The van der Waals surface area contributed by atoms with Gasteiger partial charge < -0.3 is 9.15 Å². The van der Waals surface area contributed by atoms with E-state index in [1.165, 1.54) is 4.68 Å². The minimum atomic E-state index is -0.428. The number of ether oxygens (including phenoxy) is 1. The average molecular weight is 275 g/mol. The van der Waals surface area contributed by atoms with Gasteiger partial charge in [0, 0.05) is 18.7 Å². The van der Waals surface area contributed by atoms with Crippen LogP contribution in [0.15, 0.2) is 39.5 Å². The Morgan fingerprint density at radius 3 is 2.90 bits per heavy atom. The summed E-state index contributed by atoms with van der Waals surface area (Å²) in [5.74, 6) is -0.0695. The van der Waals surface area contributed by atoms with Gasteiger partial charge in [0.05, 0.1) is 12.7 Å². The van der Waals surface area contributed by atoms with E-state index in [2.05, 4.69) is 10.00 Å². The monoisotopic (exact) mass is 275 g/mol. The van der Waals surface area contributed by atoms with Crippen molar-refractivity contribution in [3.63, 3.8) is 0 Å². The van der Waals surface area contributed by atoms with E-state index in [1.54, 1.807) is 0 Å². The number of rotatable bonds is 3. The predicted octanol–water partition coefficient (Wildman–Crippen LogP) is 1.18. The van der Waals surface area contributed by atoms with Gasteiger partial charge in [0.15, 0.2) is 0 Å². The SMILES string of the molecule is C[C@@H]1CN(Cn2nc(-c3ccccc3)oc2=O)CCO1. The zero-order chi connectivity index (χ0) is 13.9. The summed E-state index contributed by atoms with van der Waals surface area (Å²) in [6.07, 6.45) is 0.181. The Labute approximate surface area is 116 Å². The van der Waals surface area contributed by atoms with Crippen molar-refractivity contribution in [3.05, 3.63) is 40.9 Å². The molecule has 0 aliphatic carbocycles. The average Bonchev–Trinajstić information content (AvgIpc) is 2.81. The molecule has 2 heterocycles. The number of hydrogen-bond acceptors (Lipinski definition) is 5. The van der Waals surface area contributed by atoms with Crippen molar-refractivity contribution >= 4 is 0 Å². The Morgan fingerprint density at radius 2 is 2.15 bits per heavy atom. The molecule has 20 heavy (non-hydrogen) atoms. The maximum absolute atomic E-state index is 11.8. The van der Waals surface area contributed by atoms with Gasteiger partial charge in [-0.25, -0.2) is 4.79 Å². The Morgan fingerprint density at radius 1 is 1.35 bits per heavy atom. The molecule has 2 aromatic rings. The summed E-state index contributed by atoms with van der Waals surface area (Å²) in [7, 11) is 0. The highest BCUT2D eigenvalue weighted by molar-refractivity contribution is 5.51. The van der Waals surface area contributed by atoms with E-state index < -0.39 is 5.76 Å². The molecule has 1 aromatic heterocycles. The summed E-state index contributed by atoms with van der Waals surface area (Å²) in [6.45, 7) is 4.72. The van der Waals surface area contributed by atoms with Gasteiger partial charge >= 0.3 is 5.76 Å². The molecule has 0 saturated carbocycles. The maximum atomic E-state index is 11.8. The van der Waals surface area contributed by atoms with E-state index in [-0.39, 0.29) is 6.10 Å². The first-order valence-corrected chi connectivity index (χ1v) is 6.70. The van der Waals surface area contributed by atoms with Crippen molar-refractivity contribution in [2.45, 2.75) is 19.7 Å². The predicted molar refractivity (Wildman–Crippen MR) is 73.2 cm³/mol. The molecule has 1 aromatic carbocycles. The third-order valence-electron chi connectivity index (χ3n) is 3.29. The second kappa shape index (κ2) is 5.60. The molecule has 0 N–H and O–H groups in total. The highest BCUT2D eigenvalue weighted by atomic mass is 16.5. The summed E-state index contributed by atoms with van der Waals surface area (Å²) < 4.78 is 12.0. The molecule has 0 spiro atoms. The molecular weight excluding hydrogens is 258 g/mol. The van der Waals surface area contributed by atoms with Crippen LogP contribution in [0.25, 0.3) is 11.5 Å². The van der Waals surface area contributed by atoms with Gasteiger partial charge in [0.25, 0.3) is 0 Å². The molecule has 1 aliphatic rings. The number of hydrogen-bond donors (Lipinski definition) is 0. The molecule has 1 atom stereocenters. The second-order valence-corrected chi connectivity index (χ2v) is 4.94. The van der Waals surface area contributed by atoms with Gasteiger partial charge in [0.1, 0.15) is 6.67 Å². The molecule has 6 heteroatoms. The lowest BCUT2D eigenvalue weighted by Crippen LogP contribution is -2.43. The van der Waals surface area contributed by atoms with Crippen molar-refractivity contribution in [2.24, 2.45) is 0 Å². The van der Waals surface area contributed by atoms with Crippen LogP contribution in [0.4, 0.5) is 0 Å². The van der Waals surface area contributed by atoms with Gasteiger partial charge in [-0.1, -0.05) is 18.2 Å². The molecule has 0 bridgehead atoms. The second-order valence-electron chi connectivity index (χ2n) is 4.94. The van der Waals surface area contributed by atoms with Gasteiger partial charge in [-0.3, -0.25) is 4.90 Å². The Hall–Kier alpha value is -1.92. The highest BCUT2D eigenvalue weighted by Gasteiger charge is 2.19. The van der Waals surface area contributed by atoms with Crippen LogP contribution < -0.4 is 5.76 Å². The lowest BCUT2D eigenvalue weighted by molar-refractivity contribution is -0.0312. The normalized spacial score (nSPS) is 20.1. The fraction of sp³-hybridized carbons (Fsp3) is 0.429. The number of morpholine rings is 1. The van der Waals surface area contributed by atoms with Gasteiger partial charge in [-0.05, 0) is 19.1 Å². The molecule has 0 unspecified atom stereocenters. The summed E-state index contributed by atoms with van der Waals surface area (Å²) in [4.78, 5) is 14.0. The van der Waals surface area contributed by atoms with E-state index in [0.717, 1.165) is 18.7 Å². The van der Waals surface area contributed by atoms with Gasteiger partial charge in [-0.2, -0.15) is 4.68 Å². The quantitative estimate of drug-likeness (QED) is 0.842. The van der Waals surface area contributed by atoms with Crippen LogP contribution in [0, 0.1) is 0 Å². The lowest BCUT2D eigenvalue weighted by atomic mass is 10.2. The molecule has 0 amide bonds. The molecule has 0 radical (unpaired) electrons. The van der Waals surface area contributed by atoms with E-state index in [1.807, 2.05) is 37.3 Å². The number of aromatic nitrogens is 2. The maximum Gasteiger partial charge on any atom is 0.438 e. The van der Waals surface area contributed by atoms with Crippen LogP contribution in [-0.4, -0.2) is 40.5 Å². The minimum absolute atomic E-state index is 0.181. The van der Waals surface area contributed by atoms with Crippen LogP contribution in [0.2, 0.25) is 0 Å². The molecule has 106 valence electrons. The van der Waals surface area contributed by atoms with Gasteiger partial charge in [0.2, 0.25) is 5.89 Å². The summed E-state index contributed by atoms with van der Waals surface area (Å²) >= 11 is 0. The Kier molecular flexibility index (Phi) is 3.66. The molecule has 1 saturated heterocycles. The van der Waals surface area contributed by atoms with Crippen LogP contribution in [0.5, 0.6) is 0 Å². The topological polar surface area (TPSA) is 60.5 Å². The van der Waals surface area contributed by atoms with E-state index in [0.29, 0.717) is 19.2 Å². The number of nitrogens with zero attached hydrogens (tertiary/aromatic N) is 3. The van der Waals surface area contributed by atoms with Crippen molar-refractivity contribution in [1.29, 1.82) is 0 Å². The summed E-state index contributed by atoms with van der Waals surface area (Å²) in [5, 5.41) is 4.25. The van der Waals surface area contributed by atoms with Crippen LogP contribution in [0.3, 0.4) is 0 Å². The highest BCUT2D eigenvalue weighted by Crippen LogP contribution is 2.14. The molecule has 3 rings (SSSR count). The van der Waals surface area contributed by atoms with Crippen molar-refractivity contribution in [2.75, 3.05) is 19.7 Å². The standard InChI is InChI=1S/C14H17N3O3/c1-11-9-16(7-8-19-11)10-17-14(18)20-13(15-17)12-5-3-2-4-6-12/h2-6,11H,7-10H2,1H3/t11-/m1/s1. The van der Waals surface area contributed by atoms with Crippen LogP contribution >= 0.6 is 0 Å². The van der Waals surface area contributed by atoms with E-state index >= 15 is 0 Å². The molecular formula is C14H17N3O3. The third-order valence-corrected chi connectivity index (χ3v) is 3.29. The van der Waals surface area contributed by atoms with Gasteiger partial charge in [-0.15, -0.1) is 5.10 Å². The zero-order valence-electron chi connectivity index (χ0n) is 11.4. The smallest absolute Gasteiger partial charge is 0.388 e. The van der Waals surface area contributed by atoms with Crippen LogP contribution in [-0.2, 0) is 11.4 Å². The minimum Gasteiger partial charge on any atom is -0.388 e. The fourth-order valence-electron chi connectivity index (χ4n) is 2.30. The summed E-state index contributed by atoms with van der Waals surface area (Å²) in [6, 6.07) is 9.42. The van der Waals surface area contributed by atoms with E-state index in [4.69, 9.17) is 9.15 Å². The number of benzene rings is 1. The van der Waals surface area contributed by atoms with Crippen molar-refractivity contribution in [3.8, 4) is 11.5 Å². The largest absolute Gasteiger partial charge is 0.438 e. The molecule has 6 nitrogen and oxygen atoms in total. The zero-order valence-corrected chi connectivity index (χ0v) is 11.4. The van der Waals surface area contributed by atoms with Crippen molar-refractivity contribution in [1.82, 2.24) is 14.7 Å². The Balaban J connectivity index is 1.78. The third kappa shape index (κ3) is 2.81. The lowest BCUT2D eigenvalue weighted by Gasteiger charge is -2.30. The first-order chi connectivity index (χ1) is 9.72. The molecule has 1 aliphatic heterocycles.